The molecule has 0 aromatic carbocycles. The quantitative estimate of drug-likeness (QED) is 0.818. The highest BCUT2D eigenvalue weighted by molar-refractivity contribution is 7.18. The summed E-state index contributed by atoms with van der Waals surface area (Å²) in [4.78, 5) is 14.4. The molecule has 1 aliphatic rings. The number of nitriles is 1. The van der Waals surface area contributed by atoms with Crippen molar-refractivity contribution in [3.63, 3.8) is 0 Å². The van der Waals surface area contributed by atoms with E-state index in [-0.39, 0.29) is 0 Å². The average Bonchev–Trinajstić information content (AvgIpc) is 2.87. The average molecular weight is 307 g/mol. The molecule has 0 saturated carbocycles. The standard InChI is InChI=1S/C15H21N3O2S/c1-2-3-4-5-11-12(10-16)15(21-13(11)14(17)19)18-6-8-20-9-7-18/h2-9H2,1H3,(H2,17,19). The van der Waals surface area contributed by atoms with Crippen LogP contribution in [0.15, 0.2) is 0 Å². The largest absolute Gasteiger partial charge is 0.378 e. The fourth-order valence-corrected chi connectivity index (χ4v) is 3.75. The molecule has 1 amide bonds. The predicted octanol–water partition coefficient (Wildman–Crippen LogP) is 2.29. The van der Waals surface area contributed by atoms with Crippen molar-refractivity contribution in [1.29, 1.82) is 5.26 Å². The fourth-order valence-electron chi connectivity index (χ4n) is 2.55. The summed E-state index contributed by atoms with van der Waals surface area (Å²) in [6.45, 7) is 4.94. The van der Waals surface area contributed by atoms with Gasteiger partial charge in [-0.2, -0.15) is 5.26 Å². The molecule has 2 N–H and O–H groups in total. The van der Waals surface area contributed by atoms with Crippen molar-refractivity contribution in [2.45, 2.75) is 32.6 Å². The molecule has 0 spiro atoms. The van der Waals surface area contributed by atoms with Gasteiger partial charge in [-0.3, -0.25) is 4.79 Å². The fraction of sp³-hybridized carbons (Fsp3) is 0.600. The lowest BCUT2D eigenvalue weighted by Gasteiger charge is -2.27. The van der Waals surface area contributed by atoms with Crippen LogP contribution in [0.5, 0.6) is 0 Å². The third-order valence-corrected chi connectivity index (χ3v) is 4.96. The van der Waals surface area contributed by atoms with E-state index in [9.17, 15) is 10.1 Å². The maximum Gasteiger partial charge on any atom is 0.259 e. The van der Waals surface area contributed by atoms with Gasteiger partial charge in [0.1, 0.15) is 11.1 Å². The molecule has 5 nitrogen and oxygen atoms in total. The van der Waals surface area contributed by atoms with E-state index in [1.807, 2.05) is 0 Å². The molecule has 1 aliphatic heterocycles. The monoisotopic (exact) mass is 307 g/mol. The Kier molecular flexibility index (Phi) is 5.59. The molecular formula is C15H21N3O2S. The number of carbonyl (C=O) groups excluding carboxylic acids is 1. The van der Waals surface area contributed by atoms with E-state index in [1.54, 1.807) is 0 Å². The number of nitrogens with two attached hydrogens (primary N) is 1. The molecule has 1 fully saturated rings. The molecule has 1 aromatic rings. The van der Waals surface area contributed by atoms with Crippen molar-refractivity contribution in [2.75, 3.05) is 31.2 Å². The number of hydrogen-bond donors (Lipinski definition) is 1. The highest BCUT2D eigenvalue weighted by Gasteiger charge is 2.25. The third kappa shape index (κ3) is 3.55. The number of ether oxygens (including phenoxy) is 1. The van der Waals surface area contributed by atoms with Crippen LogP contribution in [0.2, 0.25) is 0 Å². The van der Waals surface area contributed by atoms with Crippen LogP contribution >= 0.6 is 11.3 Å². The summed E-state index contributed by atoms with van der Waals surface area (Å²) in [6.07, 6.45) is 3.92. The number of unbranched alkanes of at least 4 members (excludes halogenated alkanes) is 2. The second-order valence-corrected chi connectivity index (χ2v) is 6.12. The summed E-state index contributed by atoms with van der Waals surface area (Å²) in [5.74, 6) is -0.428. The molecule has 6 heteroatoms. The van der Waals surface area contributed by atoms with Crippen LogP contribution in [0.25, 0.3) is 0 Å². The van der Waals surface area contributed by atoms with Crippen molar-refractivity contribution in [2.24, 2.45) is 5.73 Å². The summed E-state index contributed by atoms with van der Waals surface area (Å²) in [7, 11) is 0. The Hall–Kier alpha value is -1.58. The van der Waals surface area contributed by atoms with Gasteiger partial charge in [-0.05, 0) is 18.4 Å². The Bertz CT molecular complexity index is 542. The normalized spacial score (nSPS) is 15.0. The third-order valence-electron chi connectivity index (χ3n) is 3.65. The van der Waals surface area contributed by atoms with Gasteiger partial charge in [0, 0.05) is 13.1 Å². The van der Waals surface area contributed by atoms with Gasteiger partial charge >= 0.3 is 0 Å². The SMILES string of the molecule is CCCCCc1c(C(N)=O)sc(N2CCOCC2)c1C#N. The van der Waals surface area contributed by atoms with Crippen LogP contribution in [-0.2, 0) is 11.2 Å². The highest BCUT2D eigenvalue weighted by atomic mass is 32.1. The van der Waals surface area contributed by atoms with E-state index in [0.29, 0.717) is 23.7 Å². The Labute approximate surface area is 129 Å². The molecule has 0 radical (unpaired) electrons. The molecule has 1 saturated heterocycles. The zero-order chi connectivity index (χ0) is 15.2. The zero-order valence-electron chi connectivity index (χ0n) is 12.4. The lowest BCUT2D eigenvalue weighted by atomic mass is 10.0. The Morgan fingerprint density at radius 2 is 2.14 bits per heavy atom. The molecular weight excluding hydrogens is 286 g/mol. The van der Waals surface area contributed by atoms with Crippen molar-refractivity contribution < 1.29 is 9.53 Å². The Balaban J connectivity index is 2.34. The summed E-state index contributed by atoms with van der Waals surface area (Å²) >= 11 is 1.36. The smallest absolute Gasteiger partial charge is 0.259 e. The molecule has 0 unspecified atom stereocenters. The van der Waals surface area contributed by atoms with Crippen molar-refractivity contribution in [3.05, 3.63) is 16.0 Å². The van der Waals surface area contributed by atoms with E-state index >= 15 is 0 Å². The second kappa shape index (κ2) is 7.43. The summed E-state index contributed by atoms with van der Waals surface area (Å²) in [6, 6.07) is 2.28. The van der Waals surface area contributed by atoms with E-state index < -0.39 is 5.91 Å². The molecule has 114 valence electrons. The van der Waals surface area contributed by atoms with Gasteiger partial charge in [0.05, 0.1) is 23.7 Å². The van der Waals surface area contributed by atoms with Crippen molar-refractivity contribution in [1.82, 2.24) is 0 Å². The molecule has 2 heterocycles. The van der Waals surface area contributed by atoms with Gasteiger partial charge in [0.25, 0.3) is 5.91 Å². The van der Waals surface area contributed by atoms with Gasteiger partial charge in [-0.1, -0.05) is 19.8 Å². The van der Waals surface area contributed by atoms with E-state index in [4.69, 9.17) is 10.5 Å². The number of hydrogen-bond acceptors (Lipinski definition) is 5. The Morgan fingerprint density at radius 1 is 1.43 bits per heavy atom. The summed E-state index contributed by atoms with van der Waals surface area (Å²) in [5.41, 5.74) is 6.97. The number of carbonyl (C=O) groups is 1. The van der Waals surface area contributed by atoms with Crippen LogP contribution in [0.4, 0.5) is 5.00 Å². The minimum absolute atomic E-state index is 0.428. The zero-order valence-corrected chi connectivity index (χ0v) is 13.2. The van der Waals surface area contributed by atoms with Crippen molar-refractivity contribution in [3.8, 4) is 6.07 Å². The molecule has 1 aromatic heterocycles. The van der Waals surface area contributed by atoms with Gasteiger partial charge in [0.2, 0.25) is 0 Å². The lowest BCUT2D eigenvalue weighted by molar-refractivity contribution is 0.100. The maximum atomic E-state index is 11.7. The van der Waals surface area contributed by atoms with Crippen LogP contribution < -0.4 is 10.6 Å². The topological polar surface area (TPSA) is 79.3 Å². The Morgan fingerprint density at radius 3 is 2.71 bits per heavy atom. The number of morpholine rings is 1. The lowest BCUT2D eigenvalue weighted by Crippen LogP contribution is -2.36. The number of thiophene rings is 1. The summed E-state index contributed by atoms with van der Waals surface area (Å²) < 4.78 is 5.35. The molecule has 0 aliphatic carbocycles. The van der Waals surface area contributed by atoms with Crippen LogP contribution in [0.3, 0.4) is 0 Å². The van der Waals surface area contributed by atoms with Gasteiger partial charge in [-0.25, -0.2) is 0 Å². The molecule has 0 atom stereocenters. The number of primary amides is 1. The molecule has 21 heavy (non-hydrogen) atoms. The first-order valence-electron chi connectivity index (χ1n) is 7.37. The van der Waals surface area contributed by atoms with Gasteiger partial charge in [0.15, 0.2) is 0 Å². The highest BCUT2D eigenvalue weighted by Crippen LogP contribution is 2.37. The van der Waals surface area contributed by atoms with Crippen molar-refractivity contribution >= 4 is 22.2 Å². The minimum Gasteiger partial charge on any atom is -0.378 e. The van der Waals surface area contributed by atoms with Gasteiger partial charge in [-0.15, -0.1) is 11.3 Å². The molecule has 2 rings (SSSR count). The number of rotatable bonds is 6. The van der Waals surface area contributed by atoms with Crippen LogP contribution in [-0.4, -0.2) is 32.2 Å². The first-order chi connectivity index (χ1) is 10.2. The maximum absolute atomic E-state index is 11.7. The van der Waals surface area contributed by atoms with E-state index in [1.165, 1.54) is 11.3 Å². The minimum atomic E-state index is -0.428. The van der Waals surface area contributed by atoms with E-state index in [2.05, 4.69) is 17.9 Å². The second-order valence-electron chi connectivity index (χ2n) is 5.12. The van der Waals surface area contributed by atoms with E-state index in [0.717, 1.165) is 49.3 Å². The van der Waals surface area contributed by atoms with Gasteiger partial charge < -0.3 is 15.4 Å². The first-order valence-corrected chi connectivity index (χ1v) is 8.19. The number of amides is 1. The van der Waals surface area contributed by atoms with Crippen LogP contribution in [0, 0.1) is 11.3 Å². The number of nitrogens with zero attached hydrogens (tertiary/aromatic N) is 2. The predicted molar refractivity (Wildman–Crippen MR) is 83.8 cm³/mol. The first kappa shape index (κ1) is 15.8. The number of anilines is 1. The molecule has 0 bridgehead atoms. The van der Waals surface area contributed by atoms with Crippen LogP contribution in [0.1, 0.15) is 47.0 Å². The summed E-state index contributed by atoms with van der Waals surface area (Å²) in [5, 5.41) is 10.4.